The minimum Gasteiger partial charge on any atom is -0.481 e. The van der Waals surface area contributed by atoms with Crippen molar-refractivity contribution in [3.63, 3.8) is 0 Å². The summed E-state index contributed by atoms with van der Waals surface area (Å²) in [5.74, 6) is -0.964. The van der Waals surface area contributed by atoms with Gasteiger partial charge in [-0.05, 0) is 20.3 Å². The van der Waals surface area contributed by atoms with Gasteiger partial charge in [-0.25, -0.2) is 0 Å². The molecule has 88 valence electrons. The normalized spacial score (nSPS) is 11.1. The maximum atomic E-state index is 11.3. The molecule has 0 aromatic carbocycles. The second-order valence-corrected chi connectivity index (χ2v) is 3.99. The molecule has 0 aliphatic carbocycles. The number of aliphatic carboxylic acids is 1. The number of carboxylic acid groups (broad SMARTS) is 1. The molecule has 0 fully saturated rings. The molecular weight excluding hydrogens is 198 g/mol. The molecule has 5 nitrogen and oxygen atoms in total. The van der Waals surface area contributed by atoms with Crippen LogP contribution in [0.2, 0.25) is 0 Å². The number of carbonyl (C=O) groups excluding carboxylic acids is 1. The van der Waals surface area contributed by atoms with Gasteiger partial charge in [0.2, 0.25) is 5.91 Å². The van der Waals surface area contributed by atoms with Gasteiger partial charge in [0.25, 0.3) is 0 Å². The van der Waals surface area contributed by atoms with Crippen molar-refractivity contribution in [3.8, 4) is 0 Å². The van der Waals surface area contributed by atoms with E-state index >= 15 is 0 Å². The van der Waals surface area contributed by atoms with Crippen molar-refractivity contribution in [2.24, 2.45) is 0 Å². The average molecular weight is 217 g/mol. The fraction of sp³-hybridized carbons (Fsp3) is 0.800. The van der Waals surface area contributed by atoms with Crippen LogP contribution in [-0.4, -0.2) is 36.2 Å². The van der Waals surface area contributed by atoms with Crippen LogP contribution in [0.5, 0.6) is 0 Å². The Balaban J connectivity index is 3.62. The van der Waals surface area contributed by atoms with E-state index in [4.69, 9.17) is 9.84 Å². The van der Waals surface area contributed by atoms with E-state index in [9.17, 15) is 9.59 Å². The third-order valence-corrected chi connectivity index (χ3v) is 2.03. The molecule has 0 aliphatic rings. The summed E-state index contributed by atoms with van der Waals surface area (Å²) in [5.41, 5.74) is -0.475. The monoisotopic (exact) mass is 217 g/mol. The molecule has 0 aromatic rings. The Kier molecular flexibility index (Phi) is 5.93. The molecule has 0 radical (unpaired) electrons. The van der Waals surface area contributed by atoms with E-state index < -0.39 is 11.6 Å². The van der Waals surface area contributed by atoms with Crippen LogP contribution in [0, 0.1) is 0 Å². The Morgan fingerprint density at radius 1 is 1.40 bits per heavy atom. The van der Waals surface area contributed by atoms with Gasteiger partial charge in [-0.3, -0.25) is 9.59 Å². The topological polar surface area (TPSA) is 75.6 Å². The zero-order valence-electron chi connectivity index (χ0n) is 9.50. The van der Waals surface area contributed by atoms with E-state index in [0.29, 0.717) is 13.0 Å². The van der Waals surface area contributed by atoms with Crippen LogP contribution < -0.4 is 5.32 Å². The number of hydrogen-bond acceptors (Lipinski definition) is 3. The van der Waals surface area contributed by atoms with Crippen LogP contribution in [0.15, 0.2) is 0 Å². The zero-order chi connectivity index (χ0) is 11.9. The van der Waals surface area contributed by atoms with Gasteiger partial charge in [0.1, 0.15) is 0 Å². The number of hydrogen-bond donors (Lipinski definition) is 2. The summed E-state index contributed by atoms with van der Waals surface area (Å²) in [4.78, 5) is 21.5. The highest BCUT2D eigenvalue weighted by Gasteiger charge is 2.20. The lowest BCUT2D eigenvalue weighted by atomic mass is 10.1. The van der Waals surface area contributed by atoms with Crippen molar-refractivity contribution in [1.82, 2.24) is 5.32 Å². The van der Waals surface area contributed by atoms with Gasteiger partial charge in [0.05, 0.1) is 12.0 Å². The first-order valence-electron chi connectivity index (χ1n) is 4.91. The smallest absolute Gasteiger partial charge is 0.303 e. The van der Waals surface area contributed by atoms with E-state index in [2.05, 4.69) is 5.32 Å². The molecule has 0 heterocycles. The predicted molar refractivity (Wildman–Crippen MR) is 55.6 cm³/mol. The standard InChI is InChI=1S/C10H19NO4/c1-10(2,15-3)7-8(12)11-6-4-5-9(13)14/h4-7H2,1-3H3,(H,11,12)(H,13,14). The van der Waals surface area contributed by atoms with Crippen LogP contribution in [-0.2, 0) is 14.3 Å². The quantitative estimate of drug-likeness (QED) is 0.618. The summed E-state index contributed by atoms with van der Waals surface area (Å²) < 4.78 is 5.10. The number of rotatable bonds is 7. The Bertz CT molecular complexity index is 225. The fourth-order valence-electron chi connectivity index (χ4n) is 0.989. The molecule has 15 heavy (non-hydrogen) atoms. The summed E-state index contributed by atoms with van der Waals surface area (Å²) in [5, 5.41) is 11.0. The first-order chi connectivity index (χ1) is 6.87. The molecule has 0 bridgehead atoms. The van der Waals surface area contributed by atoms with Crippen molar-refractivity contribution in [3.05, 3.63) is 0 Å². The first-order valence-corrected chi connectivity index (χ1v) is 4.91. The number of carboxylic acids is 1. The van der Waals surface area contributed by atoms with Crippen LogP contribution in [0.25, 0.3) is 0 Å². The predicted octanol–water partition coefficient (Wildman–Crippen LogP) is 0.782. The van der Waals surface area contributed by atoms with Crippen molar-refractivity contribution in [2.75, 3.05) is 13.7 Å². The minimum absolute atomic E-state index is 0.0773. The summed E-state index contributed by atoms with van der Waals surface area (Å²) in [6.07, 6.45) is 0.805. The maximum absolute atomic E-state index is 11.3. The first kappa shape index (κ1) is 13.9. The van der Waals surface area contributed by atoms with Crippen LogP contribution in [0.1, 0.15) is 33.1 Å². The molecule has 5 heteroatoms. The maximum Gasteiger partial charge on any atom is 0.303 e. The molecule has 1 amide bonds. The number of carbonyl (C=O) groups is 2. The van der Waals surface area contributed by atoms with Gasteiger partial charge in [0.15, 0.2) is 0 Å². The third kappa shape index (κ3) is 7.93. The van der Waals surface area contributed by atoms with E-state index in [0.717, 1.165) is 0 Å². The van der Waals surface area contributed by atoms with Crippen LogP contribution in [0.3, 0.4) is 0 Å². The molecule has 0 saturated carbocycles. The number of methoxy groups -OCH3 is 1. The lowest BCUT2D eigenvalue weighted by Crippen LogP contribution is -2.34. The van der Waals surface area contributed by atoms with Gasteiger partial charge in [-0.1, -0.05) is 0 Å². The zero-order valence-corrected chi connectivity index (χ0v) is 9.50. The lowest BCUT2D eigenvalue weighted by Gasteiger charge is -2.21. The van der Waals surface area contributed by atoms with Crippen molar-refractivity contribution in [2.45, 2.75) is 38.7 Å². The second-order valence-electron chi connectivity index (χ2n) is 3.99. The Labute approximate surface area is 89.8 Å². The largest absolute Gasteiger partial charge is 0.481 e. The number of amides is 1. The van der Waals surface area contributed by atoms with Gasteiger partial charge in [-0.15, -0.1) is 0 Å². The minimum atomic E-state index is -0.846. The SMILES string of the molecule is COC(C)(C)CC(=O)NCCCC(=O)O. The highest BCUT2D eigenvalue weighted by atomic mass is 16.5. The van der Waals surface area contributed by atoms with Crippen molar-refractivity contribution >= 4 is 11.9 Å². The van der Waals surface area contributed by atoms with Crippen molar-refractivity contribution < 1.29 is 19.4 Å². The number of nitrogens with one attached hydrogen (secondary N) is 1. The molecule has 0 spiro atoms. The summed E-state index contributed by atoms with van der Waals surface area (Å²) >= 11 is 0. The molecule has 0 aromatic heterocycles. The van der Waals surface area contributed by atoms with E-state index in [1.165, 1.54) is 0 Å². The molecule has 2 N–H and O–H groups in total. The molecule has 0 unspecified atom stereocenters. The summed E-state index contributed by atoms with van der Waals surface area (Å²) in [6, 6.07) is 0. The molecule has 0 aliphatic heterocycles. The molecular formula is C10H19NO4. The molecule has 0 atom stereocenters. The van der Waals surface area contributed by atoms with Gasteiger partial charge in [-0.2, -0.15) is 0 Å². The van der Waals surface area contributed by atoms with E-state index in [1.54, 1.807) is 7.11 Å². The molecule has 0 rings (SSSR count). The second kappa shape index (κ2) is 6.40. The lowest BCUT2D eigenvalue weighted by molar-refractivity contribution is -0.137. The van der Waals surface area contributed by atoms with Gasteiger partial charge in [0, 0.05) is 20.1 Å². The average Bonchev–Trinajstić information content (AvgIpc) is 2.11. The summed E-state index contributed by atoms with van der Waals surface area (Å²) in [7, 11) is 1.55. The van der Waals surface area contributed by atoms with Gasteiger partial charge >= 0.3 is 5.97 Å². The van der Waals surface area contributed by atoms with Crippen molar-refractivity contribution in [1.29, 1.82) is 0 Å². The number of ether oxygens (including phenoxy) is 1. The highest BCUT2D eigenvalue weighted by Crippen LogP contribution is 2.12. The molecule has 0 saturated heterocycles. The Hall–Kier alpha value is -1.10. The van der Waals surface area contributed by atoms with E-state index in [1.807, 2.05) is 13.8 Å². The van der Waals surface area contributed by atoms with Crippen LogP contribution in [0.4, 0.5) is 0 Å². The summed E-state index contributed by atoms with van der Waals surface area (Å²) in [6.45, 7) is 4.04. The Morgan fingerprint density at radius 3 is 2.47 bits per heavy atom. The Morgan fingerprint density at radius 2 is 2.00 bits per heavy atom. The third-order valence-electron chi connectivity index (χ3n) is 2.03. The van der Waals surface area contributed by atoms with Crippen LogP contribution >= 0.6 is 0 Å². The van der Waals surface area contributed by atoms with E-state index in [-0.39, 0.29) is 18.7 Å². The van der Waals surface area contributed by atoms with Gasteiger partial charge < -0.3 is 15.2 Å². The fourth-order valence-corrected chi connectivity index (χ4v) is 0.989. The highest BCUT2D eigenvalue weighted by molar-refractivity contribution is 5.77.